The van der Waals surface area contributed by atoms with Gasteiger partial charge in [0.05, 0.1) is 17.6 Å². The van der Waals surface area contributed by atoms with Crippen LogP contribution >= 0.6 is 0 Å². The lowest BCUT2D eigenvalue weighted by Gasteiger charge is -2.22. The largest absolute Gasteiger partial charge is 0.383 e. The maximum absolute atomic E-state index is 6.09. The zero-order valence-electron chi connectivity index (χ0n) is 14.0. The molecule has 126 valence electrons. The first-order valence-corrected chi connectivity index (χ1v) is 8.10. The molecular weight excluding hydrogens is 308 g/mol. The molecule has 9 nitrogen and oxygen atoms in total. The van der Waals surface area contributed by atoms with Gasteiger partial charge in [-0.15, -0.1) is 0 Å². The molecule has 0 amide bonds. The summed E-state index contributed by atoms with van der Waals surface area (Å²) in [7, 11) is 1.84. The monoisotopic (exact) mass is 328 g/mol. The van der Waals surface area contributed by atoms with E-state index in [2.05, 4.69) is 30.1 Å². The molecule has 0 spiro atoms. The van der Waals surface area contributed by atoms with Crippen molar-refractivity contribution in [2.75, 3.05) is 17.2 Å². The first-order chi connectivity index (χ1) is 11.5. The quantitative estimate of drug-likeness (QED) is 0.774. The van der Waals surface area contributed by atoms with Gasteiger partial charge in [-0.2, -0.15) is 20.1 Å². The van der Waals surface area contributed by atoms with E-state index in [4.69, 9.17) is 10.3 Å². The Bertz CT molecular complexity index is 883. The molecule has 3 aromatic heterocycles. The number of aromatic nitrogens is 6. The van der Waals surface area contributed by atoms with Crippen molar-refractivity contribution in [3.8, 4) is 0 Å². The van der Waals surface area contributed by atoms with Gasteiger partial charge in [0.1, 0.15) is 5.82 Å². The number of rotatable bonds is 3. The summed E-state index contributed by atoms with van der Waals surface area (Å²) in [5, 5.41) is 9.12. The number of nitrogens with zero attached hydrogens (tertiary/aromatic N) is 7. The SMILES string of the molecule is CC(C)c1nc([C@H]2CCCN2c2nc(N)c3cnn(C)c3n2)no1. The average molecular weight is 328 g/mol. The molecule has 2 N–H and O–H groups in total. The number of aryl methyl sites for hydroxylation is 1. The second kappa shape index (κ2) is 5.43. The first kappa shape index (κ1) is 14.9. The molecule has 4 heterocycles. The maximum atomic E-state index is 6.09. The Labute approximate surface area is 138 Å². The molecule has 0 unspecified atom stereocenters. The fourth-order valence-corrected chi connectivity index (χ4v) is 3.05. The van der Waals surface area contributed by atoms with Crippen LogP contribution in [0.5, 0.6) is 0 Å². The molecule has 1 saturated heterocycles. The molecule has 9 heteroatoms. The number of nitrogen functional groups attached to an aromatic ring is 1. The Morgan fingerprint density at radius 1 is 1.29 bits per heavy atom. The third-order valence-corrected chi connectivity index (χ3v) is 4.37. The van der Waals surface area contributed by atoms with E-state index in [1.165, 1.54) is 0 Å². The third kappa shape index (κ3) is 2.27. The molecule has 24 heavy (non-hydrogen) atoms. The number of hydrogen-bond donors (Lipinski definition) is 1. The van der Waals surface area contributed by atoms with E-state index >= 15 is 0 Å². The minimum Gasteiger partial charge on any atom is -0.383 e. The molecule has 1 aliphatic heterocycles. The Balaban J connectivity index is 1.73. The molecule has 3 aromatic rings. The van der Waals surface area contributed by atoms with Crippen molar-refractivity contribution in [3.63, 3.8) is 0 Å². The van der Waals surface area contributed by atoms with Crippen LogP contribution in [0.3, 0.4) is 0 Å². The van der Waals surface area contributed by atoms with Crippen molar-refractivity contribution in [1.82, 2.24) is 29.9 Å². The van der Waals surface area contributed by atoms with Crippen molar-refractivity contribution in [3.05, 3.63) is 17.9 Å². The fraction of sp³-hybridized carbons (Fsp3) is 0.533. The summed E-state index contributed by atoms with van der Waals surface area (Å²) in [5.74, 6) is 2.56. The molecule has 4 rings (SSSR count). The summed E-state index contributed by atoms with van der Waals surface area (Å²) >= 11 is 0. The van der Waals surface area contributed by atoms with E-state index < -0.39 is 0 Å². The van der Waals surface area contributed by atoms with E-state index in [0.717, 1.165) is 30.4 Å². The maximum Gasteiger partial charge on any atom is 0.230 e. The lowest BCUT2D eigenvalue weighted by Crippen LogP contribution is -2.26. The van der Waals surface area contributed by atoms with Crippen LogP contribution in [-0.2, 0) is 7.05 Å². The normalized spacial score (nSPS) is 18.2. The number of fused-ring (bicyclic) bond motifs is 1. The van der Waals surface area contributed by atoms with Gasteiger partial charge in [-0.1, -0.05) is 19.0 Å². The van der Waals surface area contributed by atoms with Gasteiger partial charge in [0.25, 0.3) is 0 Å². The molecule has 0 radical (unpaired) electrons. The average Bonchev–Trinajstić information content (AvgIpc) is 3.25. The molecule has 0 aliphatic carbocycles. The summed E-state index contributed by atoms with van der Waals surface area (Å²) in [5.41, 5.74) is 6.81. The van der Waals surface area contributed by atoms with Crippen molar-refractivity contribution in [1.29, 1.82) is 0 Å². The highest BCUT2D eigenvalue weighted by atomic mass is 16.5. The standard InChI is InChI=1S/C15H20N8O/c1-8(2)14-19-12(21-24-14)10-5-4-6-23(10)15-18-11(16)9-7-17-22(3)13(9)20-15/h7-8,10H,4-6H2,1-3H3,(H2,16,18,20)/t10-/m1/s1. The predicted molar refractivity (Wildman–Crippen MR) is 88.4 cm³/mol. The second-order valence-corrected chi connectivity index (χ2v) is 6.41. The molecule has 1 aliphatic rings. The van der Waals surface area contributed by atoms with Gasteiger partial charge < -0.3 is 15.2 Å². The Morgan fingerprint density at radius 2 is 2.12 bits per heavy atom. The zero-order chi connectivity index (χ0) is 16.8. The predicted octanol–water partition coefficient (Wildman–Crippen LogP) is 1.79. The van der Waals surface area contributed by atoms with Gasteiger partial charge in [0, 0.05) is 19.5 Å². The summed E-state index contributed by atoms with van der Waals surface area (Å²) in [6, 6.07) is 0.00586. The lowest BCUT2D eigenvalue weighted by atomic mass is 10.2. The number of nitrogens with two attached hydrogens (primary N) is 1. The van der Waals surface area contributed by atoms with Gasteiger partial charge in [-0.3, -0.25) is 4.68 Å². The third-order valence-electron chi connectivity index (χ3n) is 4.37. The van der Waals surface area contributed by atoms with Crippen molar-refractivity contribution < 1.29 is 4.52 Å². The summed E-state index contributed by atoms with van der Waals surface area (Å²) in [4.78, 5) is 15.7. The van der Waals surface area contributed by atoms with Crippen LogP contribution in [0.25, 0.3) is 11.0 Å². The fourth-order valence-electron chi connectivity index (χ4n) is 3.05. The Hall–Kier alpha value is -2.71. The van der Waals surface area contributed by atoms with Gasteiger partial charge >= 0.3 is 0 Å². The van der Waals surface area contributed by atoms with Crippen LogP contribution in [-0.4, -0.2) is 36.4 Å². The summed E-state index contributed by atoms with van der Waals surface area (Å²) in [6.07, 6.45) is 3.64. The summed E-state index contributed by atoms with van der Waals surface area (Å²) in [6.45, 7) is 4.90. The molecular formula is C15H20N8O. The molecule has 0 aromatic carbocycles. The minimum atomic E-state index is 0.00586. The molecule has 0 saturated carbocycles. The minimum absolute atomic E-state index is 0.00586. The highest BCUT2D eigenvalue weighted by molar-refractivity contribution is 5.86. The zero-order valence-corrected chi connectivity index (χ0v) is 14.0. The second-order valence-electron chi connectivity index (χ2n) is 6.41. The van der Waals surface area contributed by atoms with Crippen LogP contribution < -0.4 is 10.6 Å². The van der Waals surface area contributed by atoms with Gasteiger partial charge in [-0.05, 0) is 12.8 Å². The number of hydrogen-bond acceptors (Lipinski definition) is 8. The van der Waals surface area contributed by atoms with Crippen LogP contribution in [0.1, 0.15) is 50.4 Å². The Morgan fingerprint density at radius 3 is 2.88 bits per heavy atom. The molecule has 1 fully saturated rings. The lowest BCUT2D eigenvalue weighted by molar-refractivity contribution is 0.358. The van der Waals surface area contributed by atoms with Gasteiger partial charge in [0.15, 0.2) is 11.5 Å². The number of anilines is 2. The first-order valence-electron chi connectivity index (χ1n) is 8.10. The van der Waals surface area contributed by atoms with Crippen molar-refractivity contribution in [2.45, 2.75) is 38.6 Å². The van der Waals surface area contributed by atoms with Crippen LogP contribution in [0.15, 0.2) is 10.7 Å². The molecule has 0 bridgehead atoms. The van der Waals surface area contributed by atoms with Crippen molar-refractivity contribution in [2.24, 2.45) is 7.05 Å². The van der Waals surface area contributed by atoms with Gasteiger partial charge in [0.2, 0.25) is 11.8 Å². The van der Waals surface area contributed by atoms with Gasteiger partial charge in [-0.25, -0.2) is 0 Å². The summed E-state index contributed by atoms with van der Waals surface area (Å²) < 4.78 is 7.06. The van der Waals surface area contributed by atoms with Crippen LogP contribution in [0, 0.1) is 0 Å². The van der Waals surface area contributed by atoms with E-state index in [-0.39, 0.29) is 12.0 Å². The van der Waals surface area contributed by atoms with E-state index in [0.29, 0.717) is 23.5 Å². The van der Waals surface area contributed by atoms with E-state index in [1.54, 1.807) is 10.9 Å². The van der Waals surface area contributed by atoms with Crippen LogP contribution in [0.4, 0.5) is 11.8 Å². The Kier molecular flexibility index (Phi) is 3.36. The highest BCUT2D eigenvalue weighted by Crippen LogP contribution is 2.34. The topological polar surface area (TPSA) is 112 Å². The smallest absolute Gasteiger partial charge is 0.230 e. The molecule has 1 atom stereocenters. The van der Waals surface area contributed by atoms with Crippen molar-refractivity contribution >= 4 is 22.8 Å². The van der Waals surface area contributed by atoms with E-state index in [9.17, 15) is 0 Å². The highest BCUT2D eigenvalue weighted by Gasteiger charge is 2.32. The van der Waals surface area contributed by atoms with Crippen LogP contribution in [0.2, 0.25) is 0 Å². The van der Waals surface area contributed by atoms with E-state index in [1.807, 2.05) is 20.9 Å².